The van der Waals surface area contributed by atoms with Crippen molar-refractivity contribution in [2.75, 3.05) is 18.0 Å². The molecule has 1 saturated heterocycles. The average molecular weight is 354 g/mol. The second-order valence-electron chi connectivity index (χ2n) is 5.62. The van der Waals surface area contributed by atoms with Crippen molar-refractivity contribution in [1.29, 1.82) is 0 Å². The normalized spacial score (nSPS) is 18.0. The van der Waals surface area contributed by atoms with Gasteiger partial charge in [0.1, 0.15) is 5.82 Å². The van der Waals surface area contributed by atoms with Gasteiger partial charge < -0.3 is 10.2 Å². The van der Waals surface area contributed by atoms with Crippen LogP contribution in [-0.2, 0) is 7.05 Å². The van der Waals surface area contributed by atoms with E-state index in [1.165, 1.54) is 0 Å². The second kappa shape index (κ2) is 6.76. The standard InChI is InChI=1S/C15H17Cl2N5O/c1-21-8-10(6-19-21)15(23)20-12-3-2-4-22(9-12)14-13(17)5-11(16)7-18-14/h5-8,12H,2-4,9H2,1H3,(H,20,23). The van der Waals surface area contributed by atoms with Crippen LogP contribution in [0.1, 0.15) is 23.2 Å². The molecule has 1 unspecified atom stereocenters. The van der Waals surface area contributed by atoms with Crippen LogP contribution in [0.4, 0.5) is 5.82 Å². The van der Waals surface area contributed by atoms with Crippen LogP contribution >= 0.6 is 23.2 Å². The topological polar surface area (TPSA) is 63.1 Å². The lowest BCUT2D eigenvalue weighted by molar-refractivity contribution is 0.0933. The smallest absolute Gasteiger partial charge is 0.254 e. The Kier molecular flexibility index (Phi) is 4.73. The molecule has 0 bridgehead atoms. The van der Waals surface area contributed by atoms with Crippen LogP contribution in [0.3, 0.4) is 0 Å². The number of pyridine rings is 1. The minimum Gasteiger partial charge on any atom is -0.353 e. The molecular formula is C15H17Cl2N5O. The molecule has 1 aliphatic rings. The van der Waals surface area contributed by atoms with Crippen molar-refractivity contribution in [3.8, 4) is 0 Å². The number of halogens is 2. The van der Waals surface area contributed by atoms with E-state index < -0.39 is 0 Å². The summed E-state index contributed by atoms with van der Waals surface area (Å²) in [5.74, 6) is 0.594. The largest absolute Gasteiger partial charge is 0.353 e. The monoisotopic (exact) mass is 353 g/mol. The summed E-state index contributed by atoms with van der Waals surface area (Å²) < 4.78 is 1.61. The summed E-state index contributed by atoms with van der Waals surface area (Å²) in [6.45, 7) is 1.52. The fourth-order valence-corrected chi connectivity index (χ4v) is 3.23. The number of piperidine rings is 1. The third kappa shape index (κ3) is 3.76. The first kappa shape index (κ1) is 16.1. The first-order valence-corrected chi connectivity index (χ1v) is 8.14. The van der Waals surface area contributed by atoms with Crippen LogP contribution in [-0.4, -0.2) is 39.8 Å². The Bertz CT molecular complexity index is 718. The minimum atomic E-state index is -0.111. The van der Waals surface area contributed by atoms with Gasteiger partial charge in [-0.15, -0.1) is 0 Å². The Labute approximate surface area is 144 Å². The fraction of sp³-hybridized carbons (Fsp3) is 0.400. The van der Waals surface area contributed by atoms with E-state index in [9.17, 15) is 4.79 Å². The Balaban J connectivity index is 1.67. The van der Waals surface area contributed by atoms with Crippen molar-refractivity contribution in [1.82, 2.24) is 20.1 Å². The van der Waals surface area contributed by atoms with E-state index in [-0.39, 0.29) is 11.9 Å². The highest BCUT2D eigenvalue weighted by Crippen LogP contribution is 2.28. The van der Waals surface area contributed by atoms with Crippen molar-refractivity contribution in [3.63, 3.8) is 0 Å². The number of carbonyl (C=O) groups excluding carboxylic acids is 1. The molecule has 3 rings (SSSR count). The van der Waals surface area contributed by atoms with Gasteiger partial charge in [0.2, 0.25) is 0 Å². The van der Waals surface area contributed by atoms with Gasteiger partial charge in [-0.05, 0) is 18.9 Å². The number of carbonyl (C=O) groups is 1. The van der Waals surface area contributed by atoms with E-state index in [0.29, 0.717) is 28.0 Å². The molecule has 0 aromatic carbocycles. The number of amides is 1. The summed E-state index contributed by atoms with van der Waals surface area (Å²) in [4.78, 5) is 18.6. The zero-order valence-electron chi connectivity index (χ0n) is 12.7. The average Bonchev–Trinajstić information content (AvgIpc) is 2.94. The maximum absolute atomic E-state index is 12.2. The van der Waals surface area contributed by atoms with Crippen molar-refractivity contribution >= 4 is 34.9 Å². The molecule has 6 nitrogen and oxygen atoms in total. The molecule has 1 atom stereocenters. The molecule has 0 spiro atoms. The van der Waals surface area contributed by atoms with E-state index in [4.69, 9.17) is 23.2 Å². The quantitative estimate of drug-likeness (QED) is 0.920. The van der Waals surface area contributed by atoms with Crippen molar-refractivity contribution in [3.05, 3.63) is 40.3 Å². The van der Waals surface area contributed by atoms with Crippen LogP contribution in [0.25, 0.3) is 0 Å². The lowest BCUT2D eigenvalue weighted by Gasteiger charge is -2.34. The van der Waals surface area contributed by atoms with E-state index >= 15 is 0 Å². The summed E-state index contributed by atoms with van der Waals surface area (Å²) in [7, 11) is 1.79. The molecule has 1 N–H and O–H groups in total. The molecule has 0 saturated carbocycles. The fourth-order valence-electron chi connectivity index (χ4n) is 2.73. The maximum Gasteiger partial charge on any atom is 0.254 e. The van der Waals surface area contributed by atoms with Gasteiger partial charge in [-0.1, -0.05) is 23.2 Å². The molecule has 1 aliphatic heterocycles. The Morgan fingerprint density at radius 3 is 2.91 bits per heavy atom. The summed E-state index contributed by atoms with van der Waals surface area (Å²) >= 11 is 12.1. The third-order valence-corrected chi connectivity index (χ3v) is 4.30. The van der Waals surface area contributed by atoms with Crippen LogP contribution in [0.5, 0.6) is 0 Å². The molecule has 1 fully saturated rings. The number of anilines is 1. The van der Waals surface area contributed by atoms with Crippen LogP contribution in [0, 0.1) is 0 Å². The molecule has 2 aromatic heterocycles. The predicted octanol–water partition coefficient (Wildman–Crippen LogP) is 2.52. The highest BCUT2D eigenvalue weighted by Gasteiger charge is 2.24. The lowest BCUT2D eigenvalue weighted by Crippen LogP contribution is -2.48. The third-order valence-electron chi connectivity index (χ3n) is 3.81. The number of nitrogens with zero attached hydrogens (tertiary/aromatic N) is 4. The van der Waals surface area contributed by atoms with Crippen molar-refractivity contribution < 1.29 is 4.79 Å². The van der Waals surface area contributed by atoms with Gasteiger partial charge in [-0.2, -0.15) is 5.10 Å². The van der Waals surface area contributed by atoms with Gasteiger partial charge in [0, 0.05) is 38.6 Å². The molecule has 2 aromatic rings. The number of aryl methyl sites for hydroxylation is 1. The first-order valence-electron chi connectivity index (χ1n) is 7.38. The molecule has 23 heavy (non-hydrogen) atoms. The Hall–Kier alpha value is -1.79. The van der Waals surface area contributed by atoms with Gasteiger partial charge in [-0.25, -0.2) is 4.98 Å². The second-order valence-corrected chi connectivity index (χ2v) is 6.46. The van der Waals surface area contributed by atoms with E-state index in [2.05, 4.69) is 20.3 Å². The summed E-state index contributed by atoms with van der Waals surface area (Å²) in [5.41, 5.74) is 0.562. The summed E-state index contributed by atoms with van der Waals surface area (Å²) in [5, 5.41) is 8.10. The number of hydrogen-bond donors (Lipinski definition) is 1. The molecule has 0 aliphatic carbocycles. The molecule has 8 heteroatoms. The Morgan fingerprint density at radius 2 is 2.22 bits per heavy atom. The van der Waals surface area contributed by atoms with Crippen molar-refractivity contribution in [2.24, 2.45) is 7.05 Å². The van der Waals surface area contributed by atoms with E-state index in [1.807, 2.05) is 0 Å². The highest BCUT2D eigenvalue weighted by molar-refractivity contribution is 6.36. The summed E-state index contributed by atoms with van der Waals surface area (Å²) in [6, 6.07) is 1.73. The maximum atomic E-state index is 12.2. The zero-order valence-corrected chi connectivity index (χ0v) is 14.2. The van der Waals surface area contributed by atoms with Crippen LogP contribution in [0.2, 0.25) is 10.0 Å². The van der Waals surface area contributed by atoms with Gasteiger partial charge in [0.05, 0.1) is 21.8 Å². The molecule has 0 radical (unpaired) electrons. The molecular weight excluding hydrogens is 337 g/mol. The van der Waals surface area contributed by atoms with E-state index in [0.717, 1.165) is 19.4 Å². The number of rotatable bonds is 3. The molecule has 1 amide bonds. The molecule has 3 heterocycles. The SMILES string of the molecule is Cn1cc(C(=O)NC2CCCN(c3ncc(Cl)cc3Cl)C2)cn1. The highest BCUT2D eigenvalue weighted by atomic mass is 35.5. The van der Waals surface area contributed by atoms with Crippen LogP contribution < -0.4 is 10.2 Å². The van der Waals surface area contributed by atoms with Crippen LogP contribution in [0.15, 0.2) is 24.7 Å². The number of nitrogens with one attached hydrogen (secondary N) is 1. The van der Waals surface area contributed by atoms with Gasteiger partial charge in [-0.3, -0.25) is 9.48 Å². The van der Waals surface area contributed by atoms with Crippen molar-refractivity contribution in [2.45, 2.75) is 18.9 Å². The van der Waals surface area contributed by atoms with Gasteiger partial charge in [0.15, 0.2) is 0 Å². The first-order chi connectivity index (χ1) is 11.0. The van der Waals surface area contributed by atoms with E-state index in [1.54, 1.807) is 36.4 Å². The Morgan fingerprint density at radius 1 is 1.39 bits per heavy atom. The van der Waals surface area contributed by atoms with Gasteiger partial charge in [0.25, 0.3) is 5.91 Å². The minimum absolute atomic E-state index is 0.0463. The predicted molar refractivity (Wildman–Crippen MR) is 90.2 cm³/mol. The zero-order chi connectivity index (χ0) is 16.4. The lowest BCUT2D eigenvalue weighted by atomic mass is 10.1. The number of aromatic nitrogens is 3. The van der Waals surface area contributed by atoms with Gasteiger partial charge >= 0.3 is 0 Å². The molecule has 122 valence electrons. The number of hydrogen-bond acceptors (Lipinski definition) is 4. The summed E-state index contributed by atoms with van der Waals surface area (Å²) in [6.07, 6.45) is 6.73.